The Kier molecular flexibility index (Phi) is 2.27. The molecule has 0 saturated carbocycles. The molecule has 0 amide bonds. The number of benzene rings is 1. The number of phenols is 1. The van der Waals surface area contributed by atoms with Gasteiger partial charge in [0, 0.05) is 11.1 Å². The maximum Gasteiger partial charge on any atom is 0.294 e. The van der Waals surface area contributed by atoms with Crippen molar-refractivity contribution >= 4 is 21.7 Å². The first-order chi connectivity index (χ1) is 5.39. The van der Waals surface area contributed by atoms with Crippen molar-refractivity contribution in [3.8, 4) is 5.75 Å². The van der Waals surface area contributed by atoms with E-state index in [0.29, 0.717) is 0 Å². The molecule has 0 unspecified atom stereocenters. The van der Waals surface area contributed by atoms with Crippen LogP contribution >= 0.6 is 11.6 Å². The van der Waals surface area contributed by atoms with E-state index in [4.69, 9.17) is 21.3 Å². The number of hydrogen-bond acceptors (Lipinski definition) is 3. The first-order valence-electron chi connectivity index (χ1n) is 2.86. The highest BCUT2D eigenvalue weighted by molar-refractivity contribution is 7.85. The third kappa shape index (κ3) is 2.10. The van der Waals surface area contributed by atoms with Crippen molar-refractivity contribution < 1.29 is 18.1 Å². The largest absolute Gasteiger partial charge is 0.508 e. The van der Waals surface area contributed by atoms with E-state index in [1.165, 1.54) is 0 Å². The Balaban J connectivity index is 3.37. The molecule has 0 radical (unpaired) electrons. The van der Waals surface area contributed by atoms with Crippen LogP contribution < -0.4 is 0 Å². The van der Waals surface area contributed by atoms with Gasteiger partial charge in [0.1, 0.15) is 5.75 Å². The molecule has 0 aromatic heterocycles. The van der Waals surface area contributed by atoms with E-state index in [0.717, 1.165) is 18.2 Å². The van der Waals surface area contributed by atoms with Crippen LogP contribution in [0.25, 0.3) is 0 Å². The van der Waals surface area contributed by atoms with Crippen LogP contribution in [-0.2, 0) is 10.1 Å². The molecular weight excluding hydrogens is 204 g/mol. The van der Waals surface area contributed by atoms with E-state index in [9.17, 15) is 8.42 Å². The fourth-order valence-electron chi connectivity index (χ4n) is 0.697. The van der Waals surface area contributed by atoms with Crippen molar-refractivity contribution in [3.63, 3.8) is 0 Å². The van der Waals surface area contributed by atoms with Gasteiger partial charge in [0.15, 0.2) is 0 Å². The van der Waals surface area contributed by atoms with E-state index in [1.807, 2.05) is 0 Å². The standard InChI is InChI=1S/C6H5ClO4S/c7-4-1-5(8)3-6(2-4)12(9,10)11/h1-3,8H,(H,9,10,11). The number of aromatic hydroxyl groups is 1. The molecule has 0 heterocycles. The summed E-state index contributed by atoms with van der Waals surface area (Å²) in [6, 6.07) is 3.11. The first-order valence-corrected chi connectivity index (χ1v) is 4.68. The molecular formula is C6H5ClO4S. The Bertz CT molecular complexity index is 378. The SMILES string of the molecule is O=S(=O)(O)c1cc(O)cc(Cl)c1. The highest BCUT2D eigenvalue weighted by atomic mass is 35.5. The predicted molar refractivity (Wildman–Crippen MR) is 42.9 cm³/mol. The summed E-state index contributed by atoms with van der Waals surface area (Å²) in [5.41, 5.74) is 0. The number of rotatable bonds is 1. The third-order valence-electron chi connectivity index (χ3n) is 1.15. The molecule has 0 fully saturated rings. The van der Waals surface area contributed by atoms with E-state index < -0.39 is 15.0 Å². The van der Waals surface area contributed by atoms with Crippen LogP contribution in [-0.4, -0.2) is 18.1 Å². The topological polar surface area (TPSA) is 74.6 Å². The summed E-state index contributed by atoms with van der Waals surface area (Å²) in [6.07, 6.45) is 0. The summed E-state index contributed by atoms with van der Waals surface area (Å²) >= 11 is 5.42. The molecule has 2 N–H and O–H groups in total. The molecule has 0 aliphatic rings. The number of halogens is 1. The third-order valence-corrected chi connectivity index (χ3v) is 2.20. The molecule has 12 heavy (non-hydrogen) atoms. The second-order valence-corrected chi connectivity index (χ2v) is 3.98. The zero-order valence-electron chi connectivity index (χ0n) is 5.73. The van der Waals surface area contributed by atoms with Gasteiger partial charge in [-0.15, -0.1) is 0 Å². The molecule has 0 saturated heterocycles. The Morgan fingerprint density at radius 3 is 2.25 bits per heavy atom. The van der Waals surface area contributed by atoms with E-state index >= 15 is 0 Å². The Morgan fingerprint density at radius 1 is 1.25 bits per heavy atom. The second-order valence-electron chi connectivity index (χ2n) is 2.12. The lowest BCUT2D eigenvalue weighted by Crippen LogP contribution is -1.97. The van der Waals surface area contributed by atoms with Crippen LogP contribution in [0.5, 0.6) is 5.75 Å². The Morgan fingerprint density at radius 2 is 1.83 bits per heavy atom. The number of phenolic OH excluding ortho intramolecular Hbond substituents is 1. The summed E-state index contributed by atoms with van der Waals surface area (Å²) in [5, 5.41) is 8.94. The zero-order chi connectivity index (χ0) is 9.35. The zero-order valence-corrected chi connectivity index (χ0v) is 7.30. The normalized spacial score (nSPS) is 11.5. The van der Waals surface area contributed by atoms with Crippen molar-refractivity contribution in [2.75, 3.05) is 0 Å². The van der Waals surface area contributed by atoms with Crippen molar-refractivity contribution in [2.24, 2.45) is 0 Å². The molecule has 0 spiro atoms. The summed E-state index contributed by atoms with van der Waals surface area (Å²) in [4.78, 5) is -0.424. The number of hydrogen-bond donors (Lipinski definition) is 2. The predicted octanol–water partition coefficient (Wildman–Crippen LogP) is 1.29. The van der Waals surface area contributed by atoms with Gasteiger partial charge < -0.3 is 5.11 Å². The minimum atomic E-state index is -4.29. The molecule has 0 aliphatic heterocycles. The lowest BCUT2D eigenvalue weighted by molar-refractivity contribution is 0.466. The average molecular weight is 209 g/mol. The summed E-state index contributed by atoms with van der Waals surface area (Å²) < 4.78 is 29.6. The molecule has 0 atom stereocenters. The molecule has 6 heteroatoms. The minimum absolute atomic E-state index is 0.0441. The van der Waals surface area contributed by atoms with Crippen LogP contribution in [0.3, 0.4) is 0 Å². The van der Waals surface area contributed by atoms with Crippen molar-refractivity contribution in [1.82, 2.24) is 0 Å². The van der Waals surface area contributed by atoms with Gasteiger partial charge in [-0.1, -0.05) is 11.6 Å². The maximum atomic E-state index is 10.5. The van der Waals surface area contributed by atoms with Gasteiger partial charge in [0.25, 0.3) is 10.1 Å². The van der Waals surface area contributed by atoms with Gasteiger partial charge >= 0.3 is 0 Å². The highest BCUT2D eigenvalue weighted by Crippen LogP contribution is 2.22. The molecule has 0 aliphatic carbocycles. The molecule has 1 rings (SSSR count). The van der Waals surface area contributed by atoms with Crippen molar-refractivity contribution in [3.05, 3.63) is 23.2 Å². The van der Waals surface area contributed by atoms with Gasteiger partial charge in [-0.05, 0) is 12.1 Å². The Labute approximate surface area is 74.2 Å². The monoisotopic (exact) mass is 208 g/mol. The molecule has 1 aromatic rings. The molecule has 1 aromatic carbocycles. The molecule has 66 valence electrons. The quantitative estimate of drug-likeness (QED) is 0.682. The van der Waals surface area contributed by atoms with Crippen LogP contribution in [0, 0.1) is 0 Å². The van der Waals surface area contributed by atoms with Crippen molar-refractivity contribution in [2.45, 2.75) is 4.90 Å². The highest BCUT2D eigenvalue weighted by Gasteiger charge is 2.10. The fourth-order valence-corrected chi connectivity index (χ4v) is 1.54. The smallest absolute Gasteiger partial charge is 0.294 e. The maximum absolute atomic E-state index is 10.5. The van der Waals surface area contributed by atoms with E-state index in [1.54, 1.807) is 0 Å². The lowest BCUT2D eigenvalue weighted by atomic mass is 10.3. The van der Waals surface area contributed by atoms with Gasteiger partial charge in [-0.3, -0.25) is 4.55 Å². The van der Waals surface area contributed by atoms with Gasteiger partial charge in [0.2, 0.25) is 0 Å². The lowest BCUT2D eigenvalue weighted by Gasteiger charge is -1.98. The van der Waals surface area contributed by atoms with E-state index in [2.05, 4.69) is 0 Å². The van der Waals surface area contributed by atoms with Crippen LogP contribution in [0.1, 0.15) is 0 Å². The van der Waals surface area contributed by atoms with Crippen molar-refractivity contribution in [1.29, 1.82) is 0 Å². The summed E-state index contributed by atoms with van der Waals surface area (Å²) in [7, 11) is -4.29. The Hall–Kier alpha value is -0.780. The second kappa shape index (κ2) is 2.93. The summed E-state index contributed by atoms with van der Waals surface area (Å²) in [5.74, 6) is -0.310. The van der Waals surface area contributed by atoms with Crippen LogP contribution in [0.15, 0.2) is 23.1 Å². The van der Waals surface area contributed by atoms with Gasteiger partial charge in [-0.25, -0.2) is 0 Å². The fraction of sp³-hybridized carbons (Fsp3) is 0. The molecule has 0 bridgehead atoms. The van der Waals surface area contributed by atoms with Crippen LogP contribution in [0.2, 0.25) is 5.02 Å². The van der Waals surface area contributed by atoms with E-state index in [-0.39, 0.29) is 10.8 Å². The first kappa shape index (κ1) is 9.31. The minimum Gasteiger partial charge on any atom is -0.508 e. The average Bonchev–Trinajstić information content (AvgIpc) is 1.82. The van der Waals surface area contributed by atoms with Gasteiger partial charge in [0.05, 0.1) is 4.90 Å². The summed E-state index contributed by atoms with van der Waals surface area (Å²) in [6.45, 7) is 0. The van der Waals surface area contributed by atoms with Gasteiger partial charge in [-0.2, -0.15) is 8.42 Å². The molecule has 4 nitrogen and oxygen atoms in total. The van der Waals surface area contributed by atoms with Crippen LogP contribution in [0.4, 0.5) is 0 Å².